The molecule has 0 radical (unpaired) electrons. The first-order chi connectivity index (χ1) is 11.2. The van der Waals surface area contributed by atoms with Crippen molar-refractivity contribution in [1.29, 1.82) is 0 Å². The largest absolute Gasteiger partial charge is 0.480 e. The van der Waals surface area contributed by atoms with Crippen LogP contribution in [0.2, 0.25) is 5.02 Å². The number of benzene rings is 1. The number of alkyl halides is 2. The number of halogens is 3. The fraction of sp³-hybridized carbons (Fsp3) is 0.400. The first kappa shape index (κ1) is 19.8. The van der Waals surface area contributed by atoms with E-state index in [9.17, 15) is 23.2 Å². The Morgan fingerprint density at radius 1 is 1.17 bits per heavy atom. The van der Waals surface area contributed by atoms with Crippen molar-refractivity contribution in [2.45, 2.75) is 38.3 Å². The number of nitrogens with one attached hydrogen (secondary N) is 2. The topological polar surface area (TPSA) is 95.5 Å². The number of carbonyl (C=O) groups is 3. The molecule has 0 aromatic heterocycles. The molecule has 0 bridgehead atoms. The second-order valence-corrected chi connectivity index (χ2v) is 5.53. The standard InChI is InChI=1S/C15H17ClF2N2O4/c1-8(21)19-11(9-2-4-10(16)5-3-9)7-14(22)20-12(15(23)24)6-13(17)18/h2-5,11-13H,6-7H2,1H3,(H,19,21)(H,20,22)(H,23,24). The molecule has 3 N–H and O–H groups in total. The summed E-state index contributed by atoms with van der Waals surface area (Å²) in [6.45, 7) is 1.26. The molecule has 0 saturated heterocycles. The van der Waals surface area contributed by atoms with Crippen LogP contribution in [0, 0.1) is 0 Å². The minimum Gasteiger partial charge on any atom is -0.480 e. The highest BCUT2D eigenvalue weighted by Crippen LogP contribution is 2.19. The number of carboxylic acid groups (broad SMARTS) is 1. The van der Waals surface area contributed by atoms with Crippen molar-refractivity contribution in [2.75, 3.05) is 0 Å². The SMILES string of the molecule is CC(=O)NC(CC(=O)NC(CC(F)F)C(=O)O)c1ccc(Cl)cc1. The predicted molar refractivity (Wildman–Crippen MR) is 82.8 cm³/mol. The molecular weight excluding hydrogens is 346 g/mol. The number of rotatable bonds is 8. The predicted octanol–water partition coefficient (Wildman–Crippen LogP) is 2.13. The van der Waals surface area contributed by atoms with Crippen LogP contribution in [0.5, 0.6) is 0 Å². The average molecular weight is 363 g/mol. The Morgan fingerprint density at radius 2 is 1.75 bits per heavy atom. The van der Waals surface area contributed by atoms with Crippen molar-refractivity contribution < 1.29 is 28.3 Å². The van der Waals surface area contributed by atoms with E-state index < -0.39 is 42.7 Å². The third kappa shape index (κ3) is 6.91. The maximum absolute atomic E-state index is 12.3. The van der Waals surface area contributed by atoms with Crippen molar-refractivity contribution in [1.82, 2.24) is 10.6 Å². The van der Waals surface area contributed by atoms with E-state index in [0.717, 1.165) is 0 Å². The molecule has 2 atom stereocenters. The summed E-state index contributed by atoms with van der Waals surface area (Å²) >= 11 is 5.78. The maximum Gasteiger partial charge on any atom is 0.326 e. The lowest BCUT2D eigenvalue weighted by Gasteiger charge is -2.20. The Bertz CT molecular complexity index is 596. The Hall–Kier alpha value is -2.22. The fourth-order valence-corrected chi connectivity index (χ4v) is 2.16. The van der Waals surface area contributed by atoms with Gasteiger partial charge in [0.05, 0.1) is 12.5 Å². The van der Waals surface area contributed by atoms with Crippen LogP contribution in [0.1, 0.15) is 31.4 Å². The van der Waals surface area contributed by atoms with Gasteiger partial charge in [-0.1, -0.05) is 23.7 Å². The lowest BCUT2D eigenvalue weighted by molar-refractivity contribution is -0.143. The molecule has 2 amide bonds. The van der Waals surface area contributed by atoms with E-state index in [2.05, 4.69) is 5.32 Å². The summed E-state index contributed by atoms with van der Waals surface area (Å²) in [5, 5.41) is 13.9. The van der Waals surface area contributed by atoms with E-state index in [1.54, 1.807) is 24.3 Å². The summed E-state index contributed by atoms with van der Waals surface area (Å²) in [5.41, 5.74) is 0.575. The zero-order chi connectivity index (χ0) is 18.3. The zero-order valence-corrected chi connectivity index (χ0v) is 13.5. The zero-order valence-electron chi connectivity index (χ0n) is 12.8. The molecule has 0 aliphatic carbocycles. The number of carbonyl (C=O) groups excluding carboxylic acids is 2. The van der Waals surface area contributed by atoms with Crippen molar-refractivity contribution in [3.63, 3.8) is 0 Å². The fourth-order valence-electron chi connectivity index (χ4n) is 2.03. The molecule has 1 aromatic carbocycles. The molecule has 0 spiro atoms. The number of aliphatic carboxylic acids is 1. The maximum atomic E-state index is 12.3. The molecular formula is C15H17ClF2N2O4. The molecule has 0 fully saturated rings. The molecule has 24 heavy (non-hydrogen) atoms. The van der Waals surface area contributed by atoms with Crippen LogP contribution in [0.15, 0.2) is 24.3 Å². The summed E-state index contributed by atoms with van der Waals surface area (Å²) in [4.78, 5) is 34.2. The highest BCUT2D eigenvalue weighted by Gasteiger charge is 2.26. The first-order valence-electron chi connectivity index (χ1n) is 7.02. The van der Waals surface area contributed by atoms with Gasteiger partial charge >= 0.3 is 5.97 Å². The van der Waals surface area contributed by atoms with E-state index in [1.165, 1.54) is 6.92 Å². The van der Waals surface area contributed by atoms with Gasteiger partial charge in [0.15, 0.2) is 0 Å². The van der Waals surface area contributed by atoms with Crippen molar-refractivity contribution in [2.24, 2.45) is 0 Å². The van der Waals surface area contributed by atoms with Crippen LogP contribution in [0.4, 0.5) is 8.78 Å². The van der Waals surface area contributed by atoms with Crippen LogP contribution >= 0.6 is 11.6 Å². The van der Waals surface area contributed by atoms with Crippen LogP contribution in [0.25, 0.3) is 0 Å². The third-order valence-corrected chi connectivity index (χ3v) is 3.34. The number of carboxylic acids is 1. The van der Waals surface area contributed by atoms with E-state index >= 15 is 0 Å². The highest BCUT2D eigenvalue weighted by atomic mass is 35.5. The van der Waals surface area contributed by atoms with Crippen molar-refractivity contribution >= 4 is 29.4 Å². The molecule has 132 valence electrons. The molecule has 2 unspecified atom stereocenters. The number of hydrogen-bond donors (Lipinski definition) is 3. The van der Waals surface area contributed by atoms with Crippen LogP contribution < -0.4 is 10.6 Å². The molecule has 1 rings (SSSR count). The Morgan fingerprint density at radius 3 is 2.21 bits per heavy atom. The Labute approximate surface area is 142 Å². The van der Waals surface area contributed by atoms with E-state index in [0.29, 0.717) is 10.6 Å². The number of amides is 2. The Balaban J connectivity index is 2.81. The summed E-state index contributed by atoms with van der Waals surface area (Å²) in [6, 6.07) is 3.91. The normalized spacial score (nSPS) is 13.2. The van der Waals surface area contributed by atoms with Crippen LogP contribution in [-0.4, -0.2) is 35.4 Å². The summed E-state index contributed by atoms with van der Waals surface area (Å²) < 4.78 is 24.7. The van der Waals surface area contributed by atoms with Gasteiger partial charge < -0.3 is 15.7 Å². The van der Waals surface area contributed by atoms with Gasteiger partial charge in [0.2, 0.25) is 18.2 Å². The molecule has 9 heteroatoms. The van der Waals surface area contributed by atoms with E-state index in [4.69, 9.17) is 16.7 Å². The van der Waals surface area contributed by atoms with Crippen molar-refractivity contribution in [3.8, 4) is 0 Å². The van der Waals surface area contributed by atoms with E-state index in [-0.39, 0.29) is 6.42 Å². The second-order valence-electron chi connectivity index (χ2n) is 5.09. The monoisotopic (exact) mass is 362 g/mol. The van der Waals surface area contributed by atoms with Gasteiger partial charge in [-0.25, -0.2) is 13.6 Å². The van der Waals surface area contributed by atoms with Gasteiger partial charge in [-0.3, -0.25) is 9.59 Å². The van der Waals surface area contributed by atoms with E-state index in [1.807, 2.05) is 5.32 Å². The summed E-state index contributed by atoms with van der Waals surface area (Å²) in [6.07, 6.45) is -4.16. The minimum absolute atomic E-state index is 0.297. The molecule has 0 aliphatic rings. The van der Waals surface area contributed by atoms with Gasteiger partial charge in [-0.15, -0.1) is 0 Å². The first-order valence-corrected chi connectivity index (χ1v) is 7.39. The molecule has 6 nitrogen and oxygen atoms in total. The van der Waals surface area contributed by atoms with Gasteiger partial charge in [-0.05, 0) is 17.7 Å². The minimum atomic E-state index is -2.87. The molecule has 1 aromatic rings. The molecule has 0 saturated carbocycles. The highest BCUT2D eigenvalue weighted by molar-refractivity contribution is 6.30. The van der Waals surface area contributed by atoms with Gasteiger partial charge in [0, 0.05) is 18.4 Å². The summed E-state index contributed by atoms with van der Waals surface area (Å²) in [7, 11) is 0. The van der Waals surface area contributed by atoms with Gasteiger partial charge in [0.1, 0.15) is 6.04 Å². The Kier molecular flexibility index (Phi) is 7.57. The average Bonchev–Trinajstić information content (AvgIpc) is 2.45. The lowest BCUT2D eigenvalue weighted by atomic mass is 10.0. The van der Waals surface area contributed by atoms with Gasteiger partial charge in [0.25, 0.3) is 0 Å². The van der Waals surface area contributed by atoms with Crippen molar-refractivity contribution in [3.05, 3.63) is 34.9 Å². The number of hydrogen-bond acceptors (Lipinski definition) is 3. The van der Waals surface area contributed by atoms with Crippen LogP contribution in [-0.2, 0) is 14.4 Å². The quantitative estimate of drug-likeness (QED) is 0.660. The van der Waals surface area contributed by atoms with Crippen LogP contribution in [0.3, 0.4) is 0 Å². The molecule has 0 aliphatic heterocycles. The molecule has 0 heterocycles. The second kappa shape index (κ2) is 9.17. The summed E-state index contributed by atoms with van der Waals surface area (Å²) in [5.74, 6) is -2.71. The lowest BCUT2D eigenvalue weighted by Crippen LogP contribution is -2.43. The smallest absolute Gasteiger partial charge is 0.326 e. The van der Waals surface area contributed by atoms with Gasteiger partial charge in [-0.2, -0.15) is 0 Å². The third-order valence-electron chi connectivity index (χ3n) is 3.09.